The predicted molar refractivity (Wildman–Crippen MR) is 112 cm³/mol. The van der Waals surface area contributed by atoms with Crippen molar-refractivity contribution in [3.8, 4) is 17.2 Å². The first kappa shape index (κ1) is 19.9. The van der Waals surface area contributed by atoms with Gasteiger partial charge >= 0.3 is 0 Å². The van der Waals surface area contributed by atoms with Gasteiger partial charge in [0.05, 0.1) is 14.2 Å². The van der Waals surface area contributed by atoms with Gasteiger partial charge in [-0.2, -0.15) is 0 Å². The van der Waals surface area contributed by atoms with E-state index in [4.69, 9.17) is 18.6 Å². The maximum Gasteiger partial charge on any atom is 0.289 e. The summed E-state index contributed by atoms with van der Waals surface area (Å²) in [5.41, 5.74) is 3.40. The van der Waals surface area contributed by atoms with Gasteiger partial charge in [0, 0.05) is 13.1 Å². The Balaban J connectivity index is 1.42. The minimum absolute atomic E-state index is 0.128. The summed E-state index contributed by atoms with van der Waals surface area (Å²) < 4.78 is 22.3. The molecule has 0 N–H and O–H groups in total. The third-order valence-corrected chi connectivity index (χ3v) is 5.28. The number of hydrogen-bond acceptors (Lipinski definition) is 5. The molecule has 0 fully saturated rings. The fraction of sp³-hybridized carbons (Fsp3) is 0.292. The number of methoxy groups -OCH3 is 2. The summed E-state index contributed by atoms with van der Waals surface area (Å²) in [7, 11) is 3.24. The number of carbonyl (C=O) groups excluding carboxylic acids is 1. The van der Waals surface area contributed by atoms with Crippen LogP contribution < -0.4 is 14.2 Å². The van der Waals surface area contributed by atoms with E-state index in [-0.39, 0.29) is 12.5 Å². The lowest BCUT2D eigenvalue weighted by molar-refractivity contribution is 0.0698. The Kier molecular flexibility index (Phi) is 5.65. The SMILES string of the molecule is COc1cc2c(cc1OC)CN(C(=O)c1ccc(COc3ccc(C)cc3)o1)CC2. The smallest absolute Gasteiger partial charge is 0.289 e. The topological polar surface area (TPSA) is 61.1 Å². The Morgan fingerprint density at radius 2 is 1.70 bits per heavy atom. The summed E-state index contributed by atoms with van der Waals surface area (Å²) in [5.74, 6) is 2.95. The van der Waals surface area contributed by atoms with Gasteiger partial charge in [0.15, 0.2) is 17.3 Å². The highest BCUT2D eigenvalue weighted by atomic mass is 16.5. The third-order valence-electron chi connectivity index (χ3n) is 5.28. The number of hydrogen-bond donors (Lipinski definition) is 0. The summed E-state index contributed by atoms with van der Waals surface area (Å²) in [4.78, 5) is 14.7. The maximum atomic E-state index is 12.9. The highest BCUT2D eigenvalue weighted by Gasteiger charge is 2.25. The van der Waals surface area contributed by atoms with Crippen molar-refractivity contribution >= 4 is 5.91 Å². The second-order valence-electron chi connectivity index (χ2n) is 7.32. The van der Waals surface area contributed by atoms with Crippen LogP contribution in [0.25, 0.3) is 0 Å². The number of aryl methyl sites for hydroxylation is 1. The Hall–Kier alpha value is -3.41. The quantitative estimate of drug-likeness (QED) is 0.607. The molecule has 156 valence electrons. The van der Waals surface area contributed by atoms with Gasteiger partial charge in [-0.05, 0) is 60.9 Å². The van der Waals surface area contributed by atoms with E-state index in [0.717, 1.165) is 17.7 Å². The van der Waals surface area contributed by atoms with Crippen LogP contribution in [0.15, 0.2) is 52.9 Å². The molecule has 2 aromatic carbocycles. The van der Waals surface area contributed by atoms with Crippen molar-refractivity contribution in [1.29, 1.82) is 0 Å². The van der Waals surface area contributed by atoms with E-state index in [1.165, 1.54) is 11.1 Å². The molecular formula is C24H25NO5. The van der Waals surface area contributed by atoms with Gasteiger partial charge in [-0.15, -0.1) is 0 Å². The summed E-state index contributed by atoms with van der Waals surface area (Å²) in [6.07, 6.45) is 0.755. The molecule has 0 radical (unpaired) electrons. The van der Waals surface area contributed by atoms with Crippen molar-refractivity contribution in [2.24, 2.45) is 0 Å². The summed E-state index contributed by atoms with van der Waals surface area (Å²) in [6.45, 7) is 3.43. The molecule has 0 atom stereocenters. The zero-order valence-electron chi connectivity index (χ0n) is 17.4. The molecule has 1 amide bonds. The molecular weight excluding hydrogens is 382 g/mol. The number of carbonyl (C=O) groups is 1. The molecule has 6 nitrogen and oxygen atoms in total. The number of nitrogens with zero attached hydrogens (tertiary/aromatic N) is 1. The third kappa shape index (κ3) is 4.13. The summed E-state index contributed by atoms with van der Waals surface area (Å²) in [5, 5.41) is 0. The van der Waals surface area contributed by atoms with Crippen molar-refractivity contribution in [3.63, 3.8) is 0 Å². The van der Waals surface area contributed by atoms with Crippen LogP contribution in [0.2, 0.25) is 0 Å². The number of rotatable bonds is 6. The molecule has 1 aliphatic rings. The first-order chi connectivity index (χ1) is 14.6. The minimum Gasteiger partial charge on any atom is -0.493 e. The molecule has 1 aromatic heterocycles. The lowest BCUT2D eigenvalue weighted by Crippen LogP contribution is -2.35. The number of furan rings is 1. The van der Waals surface area contributed by atoms with E-state index >= 15 is 0 Å². The highest BCUT2D eigenvalue weighted by Crippen LogP contribution is 2.33. The second-order valence-corrected chi connectivity index (χ2v) is 7.32. The first-order valence-electron chi connectivity index (χ1n) is 9.88. The fourth-order valence-electron chi connectivity index (χ4n) is 3.57. The van der Waals surface area contributed by atoms with Crippen LogP contribution in [0, 0.1) is 6.92 Å². The molecule has 0 unspecified atom stereocenters. The van der Waals surface area contributed by atoms with E-state index in [1.807, 2.05) is 43.3 Å². The Bertz CT molecular complexity index is 1040. The number of benzene rings is 2. The van der Waals surface area contributed by atoms with Crippen molar-refractivity contribution in [3.05, 3.63) is 76.7 Å². The lowest BCUT2D eigenvalue weighted by Gasteiger charge is -2.29. The fourth-order valence-corrected chi connectivity index (χ4v) is 3.57. The first-order valence-corrected chi connectivity index (χ1v) is 9.88. The molecule has 0 bridgehead atoms. The molecule has 30 heavy (non-hydrogen) atoms. The summed E-state index contributed by atoms with van der Waals surface area (Å²) >= 11 is 0. The zero-order valence-corrected chi connectivity index (χ0v) is 17.4. The average Bonchev–Trinajstić information content (AvgIpc) is 3.26. The van der Waals surface area contributed by atoms with E-state index in [0.29, 0.717) is 36.1 Å². The summed E-state index contributed by atoms with van der Waals surface area (Å²) in [6, 6.07) is 15.2. The molecule has 3 aromatic rings. The Morgan fingerprint density at radius 1 is 1.00 bits per heavy atom. The van der Waals surface area contributed by atoms with Crippen LogP contribution in [-0.2, 0) is 19.6 Å². The van der Waals surface area contributed by atoms with Crippen LogP contribution in [0.5, 0.6) is 17.2 Å². The Labute approximate surface area is 176 Å². The monoisotopic (exact) mass is 407 g/mol. The van der Waals surface area contributed by atoms with E-state index in [1.54, 1.807) is 31.3 Å². The van der Waals surface area contributed by atoms with Gasteiger partial charge in [-0.1, -0.05) is 17.7 Å². The van der Waals surface area contributed by atoms with Crippen molar-refractivity contribution in [2.75, 3.05) is 20.8 Å². The minimum atomic E-state index is -0.128. The van der Waals surface area contributed by atoms with Gasteiger partial charge in [0.25, 0.3) is 5.91 Å². The van der Waals surface area contributed by atoms with Crippen molar-refractivity contribution < 1.29 is 23.4 Å². The van der Waals surface area contributed by atoms with Crippen LogP contribution in [0.1, 0.15) is 33.0 Å². The molecule has 4 rings (SSSR count). The number of ether oxygens (including phenoxy) is 3. The largest absolute Gasteiger partial charge is 0.493 e. The maximum absolute atomic E-state index is 12.9. The van der Waals surface area contributed by atoms with Gasteiger partial charge in [0.2, 0.25) is 0 Å². The molecule has 6 heteroatoms. The highest BCUT2D eigenvalue weighted by molar-refractivity contribution is 5.91. The molecule has 0 saturated heterocycles. The molecule has 0 spiro atoms. The predicted octanol–water partition coefficient (Wildman–Crippen LogP) is 4.38. The van der Waals surface area contributed by atoms with Gasteiger partial charge in [0.1, 0.15) is 18.1 Å². The standard InChI is InChI=1S/C24H25NO5/c1-16-4-6-19(7-5-16)29-15-20-8-9-21(30-20)24(26)25-11-10-17-12-22(27-2)23(28-3)13-18(17)14-25/h4-9,12-13H,10-11,14-15H2,1-3H3. The van der Waals surface area contributed by atoms with Crippen molar-refractivity contribution in [2.45, 2.75) is 26.5 Å². The Morgan fingerprint density at radius 3 is 2.40 bits per heavy atom. The lowest BCUT2D eigenvalue weighted by atomic mass is 9.98. The van der Waals surface area contributed by atoms with Gasteiger partial charge in [-0.3, -0.25) is 4.79 Å². The van der Waals surface area contributed by atoms with Gasteiger partial charge in [-0.25, -0.2) is 0 Å². The number of fused-ring (bicyclic) bond motifs is 1. The van der Waals surface area contributed by atoms with E-state index in [2.05, 4.69) is 0 Å². The van der Waals surface area contributed by atoms with E-state index in [9.17, 15) is 4.79 Å². The van der Waals surface area contributed by atoms with Crippen molar-refractivity contribution in [1.82, 2.24) is 4.90 Å². The average molecular weight is 407 g/mol. The second kappa shape index (κ2) is 8.53. The molecule has 0 aliphatic carbocycles. The normalized spacial score (nSPS) is 13.0. The van der Waals surface area contributed by atoms with Crippen LogP contribution in [-0.4, -0.2) is 31.6 Å². The molecule has 2 heterocycles. The van der Waals surface area contributed by atoms with Gasteiger partial charge < -0.3 is 23.5 Å². The van der Waals surface area contributed by atoms with Crippen LogP contribution in [0.4, 0.5) is 0 Å². The molecule has 1 aliphatic heterocycles. The zero-order chi connectivity index (χ0) is 21.1. The number of amides is 1. The van der Waals surface area contributed by atoms with Crippen LogP contribution >= 0.6 is 0 Å². The van der Waals surface area contributed by atoms with E-state index < -0.39 is 0 Å². The van der Waals surface area contributed by atoms with Crippen LogP contribution in [0.3, 0.4) is 0 Å². The molecule has 0 saturated carbocycles.